The second-order valence-corrected chi connectivity index (χ2v) is 5.31. The summed E-state index contributed by atoms with van der Waals surface area (Å²) in [4.78, 5) is 0. The molecule has 0 amide bonds. The first-order chi connectivity index (χ1) is 7.06. The first-order valence-electron chi connectivity index (χ1n) is 5.92. The maximum absolute atomic E-state index is 3.75. The molecule has 1 aromatic carbocycles. The summed E-state index contributed by atoms with van der Waals surface area (Å²) in [5, 5.41) is 3.75. The van der Waals surface area contributed by atoms with Crippen molar-refractivity contribution >= 4 is 5.69 Å². The van der Waals surface area contributed by atoms with E-state index < -0.39 is 0 Å². The lowest BCUT2D eigenvalue weighted by Crippen LogP contribution is -2.46. The van der Waals surface area contributed by atoms with Crippen LogP contribution in [0.2, 0.25) is 0 Å². The quantitative estimate of drug-likeness (QED) is 0.772. The Balaban J connectivity index is 2.36. The molecule has 1 heterocycles. The van der Waals surface area contributed by atoms with Crippen molar-refractivity contribution in [1.82, 2.24) is 0 Å². The molecular formula is C14H21N. The Morgan fingerprint density at radius 2 is 1.67 bits per heavy atom. The van der Waals surface area contributed by atoms with Crippen molar-refractivity contribution in [3.63, 3.8) is 0 Å². The minimum Gasteiger partial charge on any atom is -0.379 e. The molecule has 15 heavy (non-hydrogen) atoms. The first kappa shape index (κ1) is 10.5. The van der Waals surface area contributed by atoms with E-state index in [0.29, 0.717) is 11.8 Å². The van der Waals surface area contributed by atoms with Gasteiger partial charge in [-0.3, -0.25) is 0 Å². The van der Waals surface area contributed by atoms with Gasteiger partial charge in [0.05, 0.1) is 0 Å². The van der Waals surface area contributed by atoms with Crippen LogP contribution < -0.4 is 5.32 Å². The highest BCUT2D eigenvalue weighted by molar-refractivity contribution is 5.59. The fourth-order valence-corrected chi connectivity index (χ4v) is 2.77. The maximum Gasteiger partial charge on any atom is 0.0460 e. The second-order valence-electron chi connectivity index (χ2n) is 5.31. The van der Waals surface area contributed by atoms with Crippen molar-refractivity contribution in [1.29, 1.82) is 0 Å². The van der Waals surface area contributed by atoms with Crippen molar-refractivity contribution in [2.45, 2.75) is 39.7 Å². The van der Waals surface area contributed by atoms with Crippen LogP contribution in [0.5, 0.6) is 0 Å². The van der Waals surface area contributed by atoms with E-state index in [-0.39, 0.29) is 5.54 Å². The van der Waals surface area contributed by atoms with Crippen molar-refractivity contribution in [2.75, 3.05) is 5.32 Å². The SMILES string of the molecule is CC(C)C1(C(C)C)Cc2ccccc2N1. The molecule has 0 fully saturated rings. The molecule has 0 aromatic heterocycles. The van der Waals surface area contributed by atoms with Crippen molar-refractivity contribution in [3.05, 3.63) is 29.8 Å². The van der Waals surface area contributed by atoms with Crippen LogP contribution in [0.4, 0.5) is 5.69 Å². The van der Waals surface area contributed by atoms with Crippen LogP contribution in [-0.2, 0) is 6.42 Å². The number of rotatable bonds is 2. The van der Waals surface area contributed by atoms with Gasteiger partial charge in [0.25, 0.3) is 0 Å². The number of benzene rings is 1. The van der Waals surface area contributed by atoms with Crippen molar-refractivity contribution in [2.24, 2.45) is 11.8 Å². The highest BCUT2D eigenvalue weighted by Gasteiger charge is 2.41. The van der Waals surface area contributed by atoms with Gasteiger partial charge in [0.1, 0.15) is 0 Å². The summed E-state index contributed by atoms with van der Waals surface area (Å²) in [6.45, 7) is 9.27. The largest absolute Gasteiger partial charge is 0.379 e. The Hall–Kier alpha value is -0.980. The molecule has 0 saturated carbocycles. The minimum atomic E-state index is 0.254. The number of nitrogens with one attached hydrogen (secondary N) is 1. The van der Waals surface area contributed by atoms with Crippen LogP contribution in [0.1, 0.15) is 33.3 Å². The summed E-state index contributed by atoms with van der Waals surface area (Å²) in [5.74, 6) is 1.31. The average molecular weight is 203 g/mol. The highest BCUT2D eigenvalue weighted by atomic mass is 15.0. The lowest BCUT2D eigenvalue weighted by molar-refractivity contribution is 0.262. The van der Waals surface area contributed by atoms with Crippen LogP contribution in [0.25, 0.3) is 0 Å². The van der Waals surface area contributed by atoms with E-state index in [1.54, 1.807) is 0 Å². The van der Waals surface area contributed by atoms with E-state index in [1.807, 2.05) is 0 Å². The molecule has 1 aliphatic heterocycles. The van der Waals surface area contributed by atoms with Gasteiger partial charge in [-0.2, -0.15) is 0 Å². The number of anilines is 1. The van der Waals surface area contributed by atoms with Gasteiger partial charge in [0.15, 0.2) is 0 Å². The summed E-state index contributed by atoms with van der Waals surface area (Å²) >= 11 is 0. The standard InChI is InChI=1S/C14H21N/c1-10(2)14(11(3)4)9-12-7-5-6-8-13(12)15-14/h5-8,10-11,15H,9H2,1-4H3. The Labute approximate surface area is 92.9 Å². The third-order valence-corrected chi connectivity index (χ3v) is 3.93. The lowest BCUT2D eigenvalue weighted by atomic mass is 9.75. The normalized spacial score (nSPS) is 18.0. The molecule has 1 aromatic rings. The lowest BCUT2D eigenvalue weighted by Gasteiger charge is -2.38. The second kappa shape index (κ2) is 3.55. The zero-order chi connectivity index (χ0) is 11.1. The van der Waals surface area contributed by atoms with Gasteiger partial charge < -0.3 is 5.32 Å². The van der Waals surface area contributed by atoms with Crippen LogP contribution in [0.15, 0.2) is 24.3 Å². The monoisotopic (exact) mass is 203 g/mol. The van der Waals surface area contributed by atoms with Gasteiger partial charge in [-0.05, 0) is 29.9 Å². The average Bonchev–Trinajstić information content (AvgIpc) is 2.57. The van der Waals surface area contributed by atoms with E-state index in [1.165, 1.54) is 17.7 Å². The molecule has 0 bridgehead atoms. The molecule has 2 rings (SSSR count). The molecule has 0 aliphatic carbocycles. The molecule has 0 unspecified atom stereocenters. The third-order valence-electron chi connectivity index (χ3n) is 3.93. The van der Waals surface area contributed by atoms with Gasteiger partial charge in [-0.1, -0.05) is 45.9 Å². The molecule has 1 N–H and O–H groups in total. The smallest absolute Gasteiger partial charge is 0.0460 e. The van der Waals surface area contributed by atoms with Crippen LogP contribution >= 0.6 is 0 Å². The van der Waals surface area contributed by atoms with Gasteiger partial charge in [-0.25, -0.2) is 0 Å². The van der Waals surface area contributed by atoms with Crippen LogP contribution in [0, 0.1) is 11.8 Å². The zero-order valence-electron chi connectivity index (χ0n) is 10.2. The minimum absolute atomic E-state index is 0.254. The number of hydrogen-bond acceptors (Lipinski definition) is 1. The van der Waals surface area contributed by atoms with Crippen LogP contribution in [-0.4, -0.2) is 5.54 Å². The molecule has 1 heteroatoms. The predicted octanol–water partition coefficient (Wildman–Crippen LogP) is 3.71. The third kappa shape index (κ3) is 1.54. The molecular weight excluding hydrogens is 182 g/mol. The van der Waals surface area contributed by atoms with E-state index in [9.17, 15) is 0 Å². The first-order valence-corrected chi connectivity index (χ1v) is 5.92. The molecule has 0 saturated heterocycles. The molecule has 1 nitrogen and oxygen atoms in total. The zero-order valence-corrected chi connectivity index (χ0v) is 10.2. The number of hydrogen-bond donors (Lipinski definition) is 1. The van der Waals surface area contributed by atoms with Gasteiger partial charge in [0.2, 0.25) is 0 Å². The van der Waals surface area contributed by atoms with E-state index in [0.717, 1.165) is 0 Å². The van der Waals surface area contributed by atoms with Crippen molar-refractivity contribution < 1.29 is 0 Å². The van der Waals surface area contributed by atoms with E-state index >= 15 is 0 Å². The molecule has 0 spiro atoms. The van der Waals surface area contributed by atoms with E-state index in [4.69, 9.17) is 0 Å². The molecule has 82 valence electrons. The highest BCUT2D eigenvalue weighted by Crippen LogP contribution is 2.41. The summed E-state index contributed by atoms with van der Waals surface area (Å²) in [6.07, 6.45) is 1.17. The summed E-state index contributed by atoms with van der Waals surface area (Å²) in [7, 11) is 0. The Bertz CT molecular complexity index is 317. The Morgan fingerprint density at radius 1 is 1.07 bits per heavy atom. The maximum atomic E-state index is 3.75. The summed E-state index contributed by atoms with van der Waals surface area (Å²) in [6, 6.07) is 8.69. The summed E-state index contributed by atoms with van der Waals surface area (Å²) < 4.78 is 0. The predicted molar refractivity (Wildman–Crippen MR) is 66.2 cm³/mol. The number of fused-ring (bicyclic) bond motifs is 1. The van der Waals surface area contributed by atoms with Crippen molar-refractivity contribution in [3.8, 4) is 0 Å². The molecule has 0 radical (unpaired) electrons. The molecule has 1 aliphatic rings. The van der Waals surface area contributed by atoms with Crippen LogP contribution in [0.3, 0.4) is 0 Å². The molecule has 0 atom stereocenters. The van der Waals surface area contributed by atoms with Gasteiger partial charge in [-0.15, -0.1) is 0 Å². The fourth-order valence-electron chi connectivity index (χ4n) is 2.77. The summed E-state index contributed by atoms with van der Waals surface area (Å²) in [5.41, 5.74) is 3.06. The fraction of sp³-hybridized carbons (Fsp3) is 0.571. The topological polar surface area (TPSA) is 12.0 Å². The Morgan fingerprint density at radius 3 is 2.20 bits per heavy atom. The van der Waals surface area contributed by atoms with E-state index in [2.05, 4.69) is 57.3 Å². The number of para-hydroxylation sites is 1. The van der Waals surface area contributed by atoms with Gasteiger partial charge >= 0.3 is 0 Å². The Kier molecular flexibility index (Phi) is 2.49. The van der Waals surface area contributed by atoms with Gasteiger partial charge in [0, 0.05) is 11.2 Å².